The van der Waals surface area contributed by atoms with Crippen molar-refractivity contribution in [1.82, 2.24) is 4.48 Å². The van der Waals surface area contributed by atoms with Crippen LogP contribution in [0.2, 0.25) is 0 Å². The fourth-order valence-electron chi connectivity index (χ4n) is 5.17. The summed E-state index contributed by atoms with van der Waals surface area (Å²) in [4.78, 5) is 25.9. The number of sulfone groups is 1. The van der Waals surface area contributed by atoms with Gasteiger partial charge in [-0.05, 0) is 64.5 Å². The number of allylic oxidation sites excluding steroid dienone is 1. The minimum Gasteiger partial charge on any atom is -0.462 e. The molecule has 7 nitrogen and oxygen atoms in total. The molecular formula is C24H33BrNO6S+. The second-order valence-corrected chi connectivity index (χ2v) is 13.5. The average Bonchev–Trinajstić information content (AvgIpc) is 3.03. The Morgan fingerprint density at radius 1 is 1.27 bits per heavy atom. The van der Waals surface area contributed by atoms with E-state index in [-0.39, 0.29) is 29.8 Å². The lowest BCUT2D eigenvalue weighted by Crippen LogP contribution is -2.60. The van der Waals surface area contributed by atoms with Crippen molar-refractivity contribution in [3.8, 4) is 0 Å². The zero-order valence-electron chi connectivity index (χ0n) is 20.0. The first-order valence-electron chi connectivity index (χ1n) is 11.3. The number of ether oxygens (including phenoxy) is 1. The Hall–Kier alpha value is -1.71. The molecule has 1 aromatic carbocycles. The van der Waals surface area contributed by atoms with Gasteiger partial charge in [-0.25, -0.2) is 13.2 Å². The van der Waals surface area contributed by atoms with E-state index in [1.165, 1.54) is 0 Å². The van der Waals surface area contributed by atoms with Crippen LogP contribution in [-0.4, -0.2) is 48.7 Å². The molecule has 3 rings (SSSR count). The lowest BCUT2D eigenvalue weighted by Gasteiger charge is -2.39. The summed E-state index contributed by atoms with van der Waals surface area (Å²) in [6, 6.07) is 3.45. The number of benzene rings is 1. The van der Waals surface area contributed by atoms with E-state index in [4.69, 9.17) is 4.74 Å². The highest BCUT2D eigenvalue weighted by molar-refractivity contribution is 9.10. The van der Waals surface area contributed by atoms with Crippen LogP contribution in [0.25, 0.3) is 5.57 Å². The topological polar surface area (TPSA) is 97.7 Å². The van der Waals surface area contributed by atoms with Crippen molar-refractivity contribution >= 4 is 49.1 Å². The number of halogens is 1. The van der Waals surface area contributed by atoms with Gasteiger partial charge in [0.25, 0.3) is 0 Å². The first-order valence-corrected chi connectivity index (χ1v) is 13.8. The second-order valence-electron chi connectivity index (χ2n) is 10.2. The maximum absolute atomic E-state index is 13.0. The third-order valence-corrected chi connectivity index (χ3v) is 9.76. The molecular weight excluding hydrogens is 510 g/mol. The van der Waals surface area contributed by atoms with Gasteiger partial charge in [-0.1, -0.05) is 29.8 Å². The molecule has 9 heteroatoms. The van der Waals surface area contributed by atoms with Crippen molar-refractivity contribution in [3.05, 3.63) is 33.9 Å². The standard InChI is InChI=1S/C24H32BrNO6S/c1-7-32-22(27)18-12-16(25)11-17-19(13-26(21(17)18,23(28)29)24(4,5)6)15-8-9-33(30,31)20(10-15)14(2)3/h11-15,20H,7-10H2,1-6H3/p+1. The summed E-state index contributed by atoms with van der Waals surface area (Å²) >= 11 is 3.48. The molecule has 0 saturated carbocycles. The van der Waals surface area contributed by atoms with Crippen LogP contribution in [0.3, 0.4) is 0 Å². The molecule has 0 radical (unpaired) electrons. The van der Waals surface area contributed by atoms with Gasteiger partial charge in [-0.3, -0.25) is 0 Å². The van der Waals surface area contributed by atoms with E-state index in [1.54, 1.807) is 19.2 Å². The number of carboxylic acid groups (broad SMARTS) is 1. The van der Waals surface area contributed by atoms with Gasteiger partial charge in [-0.2, -0.15) is 9.28 Å². The van der Waals surface area contributed by atoms with Crippen LogP contribution in [0, 0.1) is 11.8 Å². The first-order chi connectivity index (χ1) is 15.2. The quantitative estimate of drug-likeness (QED) is 0.392. The lowest BCUT2D eigenvalue weighted by atomic mass is 9.85. The molecule has 1 N–H and O–H groups in total. The van der Waals surface area contributed by atoms with Crippen molar-refractivity contribution in [2.75, 3.05) is 12.4 Å². The number of carbonyl (C=O) groups is 2. The van der Waals surface area contributed by atoms with Gasteiger partial charge in [0.15, 0.2) is 15.5 Å². The summed E-state index contributed by atoms with van der Waals surface area (Å²) < 4.78 is 30.8. The third kappa shape index (κ3) is 4.28. The van der Waals surface area contributed by atoms with Gasteiger partial charge in [0.05, 0.1) is 17.6 Å². The minimum atomic E-state index is -3.21. The Bertz CT molecular complexity index is 1120. The van der Waals surface area contributed by atoms with Crippen molar-refractivity contribution in [2.24, 2.45) is 11.8 Å². The molecule has 1 saturated heterocycles. The number of fused-ring (bicyclic) bond motifs is 1. The number of esters is 1. The SMILES string of the molecule is CCOC(=O)c1cc(Br)cc2c1[N+](C(=O)O)(C(C)(C)C)C=C2C1CCS(=O)(=O)C(C(C)C)C1. The molecule has 1 amide bonds. The maximum atomic E-state index is 13.0. The molecule has 0 bridgehead atoms. The molecule has 0 aliphatic carbocycles. The highest BCUT2D eigenvalue weighted by atomic mass is 79.9. The molecule has 2 aliphatic heterocycles. The van der Waals surface area contributed by atoms with Crippen LogP contribution in [0.15, 0.2) is 22.8 Å². The summed E-state index contributed by atoms with van der Waals surface area (Å²) in [5, 5.41) is 10.1. The smallest absolute Gasteiger partial charge is 0.462 e. The van der Waals surface area contributed by atoms with E-state index in [0.717, 1.165) is 5.57 Å². The van der Waals surface area contributed by atoms with Gasteiger partial charge in [-0.15, -0.1) is 0 Å². The highest BCUT2D eigenvalue weighted by Crippen LogP contribution is 2.53. The number of rotatable bonds is 4. The summed E-state index contributed by atoms with van der Waals surface area (Å²) in [6.45, 7) is 11.2. The molecule has 2 aliphatic rings. The van der Waals surface area contributed by atoms with Crippen LogP contribution >= 0.6 is 15.9 Å². The predicted molar refractivity (Wildman–Crippen MR) is 133 cm³/mol. The third-order valence-electron chi connectivity index (χ3n) is 6.84. The molecule has 33 heavy (non-hydrogen) atoms. The summed E-state index contributed by atoms with van der Waals surface area (Å²) in [6.07, 6.45) is 1.47. The molecule has 0 spiro atoms. The average molecular weight is 544 g/mol. The summed E-state index contributed by atoms with van der Waals surface area (Å²) in [7, 11) is -3.21. The van der Waals surface area contributed by atoms with Crippen LogP contribution in [-0.2, 0) is 14.6 Å². The summed E-state index contributed by atoms with van der Waals surface area (Å²) in [5.41, 5.74) is 1.20. The number of hydrogen-bond donors (Lipinski definition) is 1. The number of quaternary nitrogens is 1. The van der Waals surface area contributed by atoms with E-state index in [9.17, 15) is 23.1 Å². The van der Waals surface area contributed by atoms with Crippen LogP contribution in [0.5, 0.6) is 0 Å². The fraction of sp³-hybridized carbons (Fsp3) is 0.583. The fourth-order valence-corrected chi connectivity index (χ4v) is 7.90. The number of nitrogens with zero attached hydrogens (tertiary/aromatic N) is 1. The van der Waals surface area contributed by atoms with E-state index in [2.05, 4.69) is 15.9 Å². The Balaban J connectivity index is 2.30. The van der Waals surface area contributed by atoms with Crippen molar-refractivity contribution in [2.45, 2.75) is 65.2 Å². The molecule has 182 valence electrons. The largest absolute Gasteiger partial charge is 0.524 e. The molecule has 3 atom stereocenters. The Labute approximate surface area is 204 Å². The van der Waals surface area contributed by atoms with Gasteiger partial charge >= 0.3 is 12.1 Å². The molecule has 3 unspecified atom stereocenters. The molecule has 1 aromatic rings. The number of hydrogen-bond acceptors (Lipinski definition) is 5. The molecule has 2 heterocycles. The van der Waals surface area contributed by atoms with Crippen molar-refractivity contribution in [3.63, 3.8) is 0 Å². The van der Waals surface area contributed by atoms with Gasteiger partial charge in [0, 0.05) is 15.6 Å². The van der Waals surface area contributed by atoms with E-state index in [1.807, 2.05) is 40.7 Å². The monoisotopic (exact) mass is 542 g/mol. The zero-order chi connectivity index (χ0) is 24.9. The Kier molecular flexibility index (Phi) is 6.92. The first kappa shape index (κ1) is 25.9. The second kappa shape index (κ2) is 8.82. The van der Waals surface area contributed by atoms with E-state index in [0.29, 0.717) is 28.6 Å². The zero-order valence-corrected chi connectivity index (χ0v) is 22.4. The van der Waals surface area contributed by atoms with E-state index < -0.39 is 37.2 Å². The normalized spacial score (nSPS) is 26.6. The highest BCUT2D eigenvalue weighted by Gasteiger charge is 2.57. The number of carbonyl (C=O) groups excluding carboxylic acids is 1. The van der Waals surface area contributed by atoms with Crippen molar-refractivity contribution in [1.29, 1.82) is 0 Å². The van der Waals surface area contributed by atoms with E-state index >= 15 is 0 Å². The lowest BCUT2D eigenvalue weighted by molar-refractivity contribution is 0.0523. The van der Waals surface area contributed by atoms with Crippen molar-refractivity contribution < 1.29 is 27.9 Å². The van der Waals surface area contributed by atoms with Gasteiger partial charge in [0.2, 0.25) is 0 Å². The van der Waals surface area contributed by atoms with Gasteiger partial charge < -0.3 is 9.84 Å². The van der Waals surface area contributed by atoms with Crippen LogP contribution in [0.1, 0.15) is 70.3 Å². The Morgan fingerprint density at radius 2 is 1.91 bits per heavy atom. The Morgan fingerprint density at radius 3 is 2.42 bits per heavy atom. The minimum absolute atomic E-state index is 0.0433. The van der Waals surface area contributed by atoms with Gasteiger partial charge in [0.1, 0.15) is 17.3 Å². The summed E-state index contributed by atoms with van der Waals surface area (Å²) in [5.74, 6) is -0.693. The molecule has 1 fully saturated rings. The van der Waals surface area contributed by atoms with Crippen LogP contribution in [0.4, 0.5) is 10.5 Å². The maximum Gasteiger partial charge on any atom is 0.524 e. The van der Waals surface area contributed by atoms with Crippen LogP contribution < -0.4 is 4.48 Å². The predicted octanol–water partition coefficient (Wildman–Crippen LogP) is 5.61. The number of amides is 1. The molecule has 0 aromatic heterocycles.